The molecule has 4 heteroatoms. The summed E-state index contributed by atoms with van der Waals surface area (Å²) in [4.78, 5) is 0. The fraction of sp³-hybridized carbons (Fsp3) is 0.562. The van der Waals surface area contributed by atoms with Gasteiger partial charge in [0.05, 0.1) is 0 Å². The molecule has 0 saturated carbocycles. The summed E-state index contributed by atoms with van der Waals surface area (Å²) in [7, 11) is 0. The third-order valence-corrected chi connectivity index (χ3v) is 3.48. The Hall–Kier alpha value is -1.55. The maximum Gasteiger partial charge on any atom is 0.170 e. The maximum absolute atomic E-state index is 8.69. The minimum atomic E-state index is 0.152. The molecule has 1 aromatic rings. The summed E-state index contributed by atoms with van der Waals surface area (Å²) in [5.41, 5.74) is 7.49. The molecule has 0 aliphatic rings. The average molecular weight is 277 g/mol. The first-order valence-corrected chi connectivity index (χ1v) is 7.47. The van der Waals surface area contributed by atoms with Crippen LogP contribution in [0.1, 0.15) is 57.1 Å². The number of rotatable bonds is 9. The van der Waals surface area contributed by atoms with E-state index < -0.39 is 0 Å². The minimum Gasteiger partial charge on any atom is -0.409 e. The molecule has 0 spiro atoms. The van der Waals surface area contributed by atoms with Crippen molar-refractivity contribution in [2.24, 2.45) is 10.9 Å². The molecule has 0 radical (unpaired) electrons. The predicted molar refractivity (Wildman–Crippen MR) is 84.0 cm³/mol. The van der Waals surface area contributed by atoms with E-state index in [9.17, 15) is 0 Å². The van der Waals surface area contributed by atoms with E-state index in [1.165, 1.54) is 32.1 Å². The van der Waals surface area contributed by atoms with Gasteiger partial charge in [-0.05, 0) is 25.0 Å². The van der Waals surface area contributed by atoms with Crippen molar-refractivity contribution in [3.63, 3.8) is 0 Å². The van der Waals surface area contributed by atoms with E-state index in [0.717, 1.165) is 17.7 Å². The first-order chi connectivity index (χ1) is 9.67. The van der Waals surface area contributed by atoms with Crippen LogP contribution in [-0.4, -0.2) is 17.1 Å². The van der Waals surface area contributed by atoms with Gasteiger partial charge in [-0.1, -0.05) is 56.0 Å². The molecular weight excluding hydrogens is 250 g/mol. The van der Waals surface area contributed by atoms with E-state index in [0.29, 0.717) is 6.04 Å². The summed E-state index contributed by atoms with van der Waals surface area (Å²) in [6, 6.07) is 8.28. The molecule has 1 rings (SSSR count). The summed E-state index contributed by atoms with van der Waals surface area (Å²) < 4.78 is 0. The van der Waals surface area contributed by atoms with Gasteiger partial charge < -0.3 is 16.3 Å². The predicted octanol–water partition coefficient (Wildman–Crippen LogP) is 3.23. The van der Waals surface area contributed by atoms with Crippen molar-refractivity contribution in [3.8, 4) is 0 Å². The highest BCUT2D eigenvalue weighted by atomic mass is 16.4. The number of benzene rings is 1. The van der Waals surface area contributed by atoms with Gasteiger partial charge in [-0.3, -0.25) is 0 Å². The number of hydrogen-bond donors (Lipinski definition) is 3. The lowest BCUT2D eigenvalue weighted by Crippen LogP contribution is -2.25. The highest BCUT2D eigenvalue weighted by Gasteiger charge is 2.03. The lowest BCUT2D eigenvalue weighted by Gasteiger charge is -2.14. The number of oxime groups is 1. The summed E-state index contributed by atoms with van der Waals surface area (Å²) in [6.45, 7) is 5.26. The molecule has 1 unspecified atom stereocenters. The Kier molecular flexibility index (Phi) is 7.73. The highest BCUT2D eigenvalue weighted by Crippen LogP contribution is 2.08. The fourth-order valence-corrected chi connectivity index (χ4v) is 2.17. The van der Waals surface area contributed by atoms with Crippen LogP contribution in [0.25, 0.3) is 0 Å². The van der Waals surface area contributed by atoms with Crippen molar-refractivity contribution < 1.29 is 5.21 Å². The van der Waals surface area contributed by atoms with E-state index in [1.54, 1.807) is 0 Å². The molecule has 0 heterocycles. The molecule has 4 N–H and O–H groups in total. The molecule has 1 atom stereocenters. The summed E-state index contributed by atoms with van der Waals surface area (Å²) in [6.07, 6.45) is 6.42. The maximum atomic E-state index is 8.69. The van der Waals surface area contributed by atoms with Gasteiger partial charge in [0.2, 0.25) is 0 Å². The summed E-state index contributed by atoms with van der Waals surface area (Å²) >= 11 is 0. The first kappa shape index (κ1) is 16.5. The number of nitrogens with one attached hydrogen (secondary N) is 1. The third-order valence-electron chi connectivity index (χ3n) is 3.48. The van der Waals surface area contributed by atoms with Gasteiger partial charge in [-0.15, -0.1) is 0 Å². The molecule has 0 aromatic heterocycles. The Labute approximate surface area is 122 Å². The highest BCUT2D eigenvalue weighted by molar-refractivity contribution is 5.97. The molecule has 0 fully saturated rings. The van der Waals surface area contributed by atoms with Gasteiger partial charge in [0, 0.05) is 18.2 Å². The standard InChI is InChI=1S/C16H27N3O/c1-3-4-5-6-8-13(2)18-12-14-9-7-10-15(11-14)16(17)19-20/h7,9-11,13,18,20H,3-6,8,12H2,1-2H3,(H2,17,19). The Bertz CT molecular complexity index is 418. The first-order valence-electron chi connectivity index (χ1n) is 7.47. The number of nitrogens with zero attached hydrogens (tertiary/aromatic N) is 1. The zero-order chi connectivity index (χ0) is 14.8. The molecular formula is C16H27N3O. The van der Waals surface area contributed by atoms with Crippen LogP contribution in [0, 0.1) is 0 Å². The molecule has 20 heavy (non-hydrogen) atoms. The van der Waals surface area contributed by atoms with Crippen LogP contribution in [0.15, 0.2) is 29.4 Å². The van der Waals surface area contributed by atoms with Crippen LogP contribution in [0.4, 0.5) is 0 Å². The van der Waals surface area contributed by atoms with E-state index in [-0.39, 0.29) is 5.84 Å². The van der Waals surface area contributed by atoms with Crippen LogP contribution >= 0.6 is 0 Å². The summed E-state index contributed by atoms with van der Waals surface area (Å²) in [5.74, 6) is 0.152. The molecule has 0 saturated heterocycles. The van der Waals surface area contributed by atoms with Gasteiger partial charge in [0.1, 0.15) is 0 Å². The van der Waals surface area contributed by atoms with E-state index >= 15 is 0 Å². The zero-order valence-corrected chi connectivity index (χ0v) is 12.6. The van der Waals surface area contributed by atoms with Gasteiger partial charge in [-0.25, -0.2) is 0 Å². The van der Waals surface area contributed by atoms with Gasteiger partial charge in [0.15, 0.2) is 5.84 Å². The normalized spacial score (nSPS) is 13.4. The van der Waals surface area contributed by atoms with Gasteiger partial charge in [0.25, 0.3) is 0 Å². The molecule has 0 aliphatic heterocycles. The molecule has 1 aromatic carbocycles. The van der Waals surface area contributed by atoms with Gasteiger partial charge >= 0.3 is 0 Å². The van der Waals surface area contributed by atoms with E-state index in [1.807, 2.05) is 24.3 Å². The quantitative estimate of drug-likeness (QED) is 0.213. The molecule has 0 amide bonds. The number of unbranched alkanes of at least 4 members (excludes halogenated alkanes) is 3. The monoisotopic (exact) mass is 277 g/mol. The van der Waals surface area contributed by atoms with E-state index in [2.05, 4.69) is 24.3 Å². The summed E-state index contributed by atoms with van der Waals surface area (Å²) in [5, 5.41) is 15.2. The second kappa shape index (κ2) is 9.37. The number of nitrogens with two attached hydrogens (primary N) is 1. The minimum absolute atomic E-state index is 0.152. The van der Waals surface area contributed by atoms with Crippen LogP contribution in [0.2, 0.25) is 0 Å². The second-order valence-electron chi connectivity index (χ2n) is 5.32. The van der Waals surface area contributed by atoms with Gasteiger partial charge in [-0.2, -0.15) is 0 Å². The van der Waals surface area contributed by atoms with Crippen LogP contribution in [0.5, 0.6) is 0 Å². The van der Waals surface area contributed by atoms with Crippen molar-refractivity contribution in [3.05, 3.63) is 35.4 Å². The Balaban J connectivity index is 2.37. The SMILES string of the molecule is CCCCCCC(C)NCc1cccc(C(N)=NO)c1. The Morgan fingerprint density at radius 1 is 1.35 bits per heavy atom. The molecule has 0 bridgehead atoms. The van der Waals surface area contributed by atoms with Crippen LogP contribution < -0.4 is 11.1 Å². The largest absolute Gasteiger partial charge is 0.409 e. The zero-order valence-electron chi connectivity index (χ0n) is 12.6. The van der Waals surface area contributed by atoms with Crippen LogP contribution in [-0.2, 0) is 6.54 Å². The molecule has 112 valence electrons. The number of amidine groups is 1. The number of hydrogen-bond acceptors (Lipinski definition) is 3. The average Bonchev–Trinajstić information content (AvgIpc) is 2.49. The Morgan fingerprint density at radius 2 is 2.15 bits per heavy atom. The van der Waals surface area contributed by atoms with Crippen molar-refractivity contribution >= 4 is 5.84 Å². The van der Waals surface area contributed by atoms with E-state index in [4.69, 9.17) is 10.9 Å². The fourth-order valence-electron chi connectivity index (χ4n) is 2.17. The lowest BCUT2D eigenvalue weighted by molar-refractivity contribution is 0.318. The Morgan fingerprint density at radius 3 is 2.85 bits per heavy atom. The topological polar surface area (TPSA) is 70.6 Å². The lowest BCUT2D eigenvalue weighted by atomic mass is 10.1. The smallest absolute Gasteiger partial charge is 0.170 e. The van der Waals surface area contributed by atoms with Crippen molar-refractivity contribution in [1.82, 2.24) is 5.32 Å². The molecule has 4 nitrogen and oxygen atoms in total. The third kappa shape index (κ3) is 6.06. The van der Waals surface area contributed by atoms with Crippen molar-refractivity contribution in [2.75, 3.05) is 0 Å². The van der Waals surface area contributed by atoms with Crippen molar-refractivity contribution in [1.29, 1.82) is 0 Å². The molecule has 0 aliphatic carbocycles. The van der Waals surface area contributed by atoms with Crippen LogP contribution in [0.3, 0.4) is 0 Å². The van der Waals surface area contributed by atoms with Crippen molar-refractivity contribution in [2.45, 2.75) is 58.5 Å². The second-order valence-corrected chi connectivity index (χ2v) is 5.32.